The van der Waals surface area contributed by atoms with E-state index in [4.69, 9.17) is 5.11 Å². The van der Waals surface area contributed by atoms with Crippen LogP contribution in [0.15, 0.2) is 12.4 Å². The van der Waals surface area contributed by atoms with E-state index in [1.807, 2.05) is 0 Å². The fourth-order valence-electron chi connectivity index (χ4n) is 1.90. The van der Waals surface area contributed by atoms with Crippen LogP contribution in [0.5, 0.6) is 5.75 Å². The van der Waals surface area contributed by atoms with Crippen LogP contribution in [0.25, 0.3) is 0 Å². The number of halogens is 3. The van der Waals surface area contributed by atoms with Gasteiger partial charge in [0.15, 0.2) is 5.75 Å². The molecule has 0 aromatic carbocycles. The summed E-state index contributed by atoms with van der Waals surface area (Å²) in [6.45, 7) is 0.394. The van der Waals surface area contributed by atoms with Crippen molar-refractivity contribution in [1.82, 2.24) is 9.97 Å². The van der Waals surface area contributed by atoms with Gasteiger partial charge in [-0.2, -0.15) is 13.2 Å². The molecule has 0 amide bonds. The lowest BCUT2D eigenvalue weighted by atomic mass is 9.98. The van der Waals surface area contributed by atoms with Crippen molar-refractivity contribution in [3.63, 3.8) is 0 Å². The van der Waals surface area contributed by atoms with Crippen molar-refractivity contribution in [1.29, 1.82) is 0 Å². The summed E-state index contributed by atoms with van der Waals surface area (Å²) in [6.07, 6.45) is -1.19. The molecule has 0 saturated carbocycles. The van der Waals surface area contributed by atoms with E-state index in [1.54, 1.807) is 0 Å². The molecular weight excluding hydrogens is 235 g/mol. The molecule has 94 valence electrons. The number of aromatic nitrogens is 2. The average molecular weight is 247 g/mol. The highest BCUT2D eigenvalue weighted by atomic mass is 19.4. The highest BCUT2D eigenvalue weighted by Gasteiger charge is 2.42. The zero-order valence-electron chi connectivity index (χ0n) is 8.98. The minimum absolute atomic E-state index is 0.0990. The number of anilines is 1. The van der Waals surface area contributed by atoms with E-state index in [2.05, 4.69) is 9.97 Å². The first-order valence-corrected chi connectivity index (χ1v) is 5.29. The molecule has 2 heterocycles. The molecule has 1 aromatic heterocycles. The minimum Gasteiger partial charge on any atom is -0.505 e. The maximum Gasteiger partial charge on any atom is 0.393 e. The minimum atomic E-state index is -4.17. The summed E-state index contributed by atoms with van der Waals surface area (Å²) in [5.41, 5.74) is 0. The van der Waals surface area contributed by atoms with Crippen LogP contribution in [-0.2, 0) is 0 Å². The highest BCUT2D eigenvalue weighted by Crippen LogP contribution is 2.33. The molecule has 7 heteroatoms. The van der Waals surface area contributed by atoms with Crippen LogP contribution < -0.4 is 4.90 Å². The van der Waals surface area contributed by atoms with Crippen molar-refractivity contribution in [3.8, 4) is 5.75 Å². The van der Waals surface area contributed by atoms with Gasteiger partial charge in [-0.1, -0.05) is 0 Å². The fourth-order valence-corrected chi connectivity index (χ4v) is 1.90. The standard InChI is InChI=1S/C10H12F3N3O/c11-10(12,13)7-2-1-3-16(6-7)9-14-4-8(17)5-15-9/h4-5,7,17H,1-3,6H2. The maximum absolute atomic E-state index is 12.6. The molecule has 1 fully saturated rings. The van der Waals surface area contributed by atoms with Crippen molar-refractivity contribution in [2.75, 3.05) is 18.0 Å². The third-order valence-electron chi connectivity index (χ3n) is 2.79. The van der Waals surface area contributed by atoms with Gasteiger partial charge in [-0.05, 0) is 12.8 Å². The summed E-state index contributed by atoms with van der Waals surface area (Å²) in [5, 5.41) is 9.01. The van der Waals surface area contributed by atoms with Crippen LogP contribution in [0.4, 0.5) is 19.1 Å². The van der Waals surface area contributed by atoms with Crippen molar-refractivity contribution in [2.24, 2.45) is 5.92 Å². The third-order valence-corrected chi connectivity index (χ3v) is 2.79. The maximum atomic E-state index is 12.6. The van der Waals surface area contributed by atoms with E-state index in [0.29, 0.717) is 13.0 Å². The smallest absolute Gasteiger partial charge is 0.393 e. The van der Waals surface area contributed by atoms with E-state index in [9.17, 15) is 13.2 Å². The Morgan fingerprint density at radius 1 is 1.29 bits per heavy atom. The van der Waals surface area contributed by atoms with Gasteiger partial charge in [0, 0.05) is 13.1 Å². The lowest BCUT2D eigenvalue weighted by Gasteiger charge is -2.33. The molecule has 2 rings (SSSR count). The monoisotopic (exact) mass is 247 g/mol. The van der Waals surface area contributed by atoms with Crippen molar-refractivity contribution < 1.29 is 18.3 Å². The number of piperidine rings is 1. The highest BCUT2D eigenvalue weighted by molar-refractivity contribution is 5.31. The Kier molecular flexibility index (Phi) is 3.08. The SMILES string of the molecule is Oc1cnc(N2CCCC(C(F)(F)F)C2)nc1. The van der Waals surface area contributed by atoms with Crippen LogP contribution in [-0.4, -0.2) is 34.3 Å². The van der Waals surface area contributed by atoms with Gasteiger partial charge in [-0.15, -0.1) is 0 Å². The first kappa shape index (κ1) is 11.9. The van der Waals surface area contributed by atoms with Gasteiger partial charge < -0.3 is 10.0 Å². The number of nitrogens with zero attached hydrogens (tertiary/aromatic N) is 3. The van der Waals surface area contributed by atoms with E-state index < -0.39 is 12.1 Å². The van der Waals surface area contributed by atoms with E-state index in [-0.39, 0.29) is 24.7 Å². The first-order chi connectivity index (χ1) is 7.97. The molecule has 1 aliphatic heterocycles. The van der Waals surface area contributed by atoms with Gasteiger partial charge in [0.1, 0.15) is 0 Å². The van der Waals surface area contributed by atoms with Crippen molar-refractivity contribution in [3.05, 3.63) is 12.4 Å². The summed E-state index contributed by atoms with van der Waals surface area (Å²) >= 11 is 0. The van der Waals surface area contributed by atoms with Gasteiger partial charge in [0.05, 0.1) is 18.3 Å². The summed E-state index contributed by atoms with van der Waals surface area (Å²) in [7, 11) is 0. The molecule has 0 aliphatic carbocycles. The Morgan fingerprint density at radius 3 is 2.53 bits per heavy atom. The van der Waals surface area contributed by atoms with E-state index in [0.717, 1.165) is 0 Å². The van der Waals surface area contributed by atoms with Crippen molar-refractivity contribution in [2.45, 2.75) is 19.0 Å². The fraction of sp³-hybridized carbons (Fsp3) is 0.600. The summed E-state index contributed by atoms with van der Waals surface area (Å²) in [5.74, 6) is -1.19. The quantitative estimate of drug-likeness (QED) is 0.824. The predicted molar refractivity (Wildman–Crippen MR) is 54.7 cm³/mol. The van der Waals surface area contributed by atoms with Crippen LogP contribution in [0.1, 0.15) is 12.8 Å². The number of alkyl halides is 3. The topological polar surface area (TPSA) is 49.3 Å². The van der Waals surface area contributed by atoms with Crippen molar-refractivity contribution >= 4 is 5.95 Å². The third kappa shape index (κ3) is 2.78. The van der Waals surface area contributed by atoms with E-state index in [1.165, 1.54) is 17.3 Å². The van der Waals surface area contributed by atoms with Crippen LogP contribution >= 0.6 is 0 Å². The number of hydrogen-bond acceptors (Lipinski definition) is 4. The van der Waals surface area contributed by atoms with Crippen LogP contribution in [0.3, 0.4) is 0 Å². The summed E-state index contributed by atoms with van der Waals surface area (Å²) in [4.78, 5) is 9.13. The Labute approximate surface area is 96.1 Å². The normalized spacial score (nSPS) is 21.6. The molecule has 17 heavy (non-hydrogen) atoms. The molecule has 1 saturated heterocycles. The van der Waals surface area contributed by atoms with Gasteiger partial charge in [-0.3, -0.25) is 0 Å². The molecule has 1 N–H and O–H groups in total. The number of rotatable bonds is 1. The second-order valence-corrected chi connectivity index (χ2v) is 4.07. The average Bonchev–Trinajstić information content (AvgIpc) is 2.29. The molecule has 0 spiro atoms. The molecule has 1 unspecified atom stereocenters. The van der Waals surface area contributed by atoms with Gasteiger partial charge >= 0.3 is 6.18 Å². The summed E-state index contributed by atoms with van der Waals surface area (Å²) < 4.78 is 37.8. The molecule has 1 aromatic rings. The second kappa shape index (κ2) is 4.38. The summed E-state index contributed by atoms with van der Waals surface area (Å²) in [6, 6.07) is 0. The van der Waals surface area contributed by atoms with Crippen LogP contribution in [0.2, 0.25) is 0 Å². The molecule has 0 radical (unpaired) electrons. The molecule has 0 bridgehead atoms. The number of aromatic hydroxyl groups is 1. The second-order valence-electron chi connectivity index (χ2n) is 4.07. The predicted octanol–water partition coefficient (Wildman–Crippen LogP) is 1.96. The zero-order chi connectivity index (χ0) is 12.5. The largest absolute Gasteiger partial charge is 0.505 e. The molecule has 4 nitrogen and oxygen atoms in total. The molecule has 1 atom stereocenters. The van der Waals surface area contributed by atoms with Gasteiger partial charge in [0.2, 0.25) is 5.95 Å². The Morgan fingerprint density at radius 2 is 1.94 bits per heavy atom. The van der Waals surface area contributed by atoms with E-state index >= 15 is 0 Å². The lowest BCUT2D eigenvalue weighted by molar-refractivity contribution is -0.176. The molecular formula is C10H12F3N3O. The first-order valence-electron chi connectivity index (χ1n) is 5.29. The number of hydrogen-bond donors (Lipinski definition) is 1. The van der Waals surface area contributed by atoms with Crippen LogP contribution in [0, 0.1) is 5.92 Å². The Hall–Kier alpha value is -1.53. The van der Waals surface area contributed by atoms with Gasteiger partial charge in [0.25, 0.3) is 0 Å². The Bertz CT molecular complexity index is 379. The Balaban J connectivity index is 2.09. The van der Waals surface area contributed by atoms with Gasteiger partial charge in [-0.25, -0.2) is 9.97 Å². The zero-order valence-corrected chi connectivity index (χ0v) is 8.98. The lowest BCUT2D eigenvalue weighted by Crippen LogP contribution is -2.42. The molecule has 1 aliphatic rings.